The summed E-state index contributed by atoms with van der Waals surface area (Å²) in [5.41, 5.74) is 3.17. The average Bonchev–Trinajstić information content (AvgIpc) is 3.48. The number of hydrogen-bond acceptors (Lipinski definition) is 12. The van der Waals surface area contributed by atoms with E-state index >= 15 is 0 Å². The van der Waals surface area contributed by atoms with E-state index in [0.717, 1.165) is 22.8 Å². The molecule has 2 aromatic carbocycles. The first-order valence-electron chi connectivity index (χ1n) is 18.4. The number of carboxylic acid groups (broad SMARTS) is 1. The summed E-state index contributed by atoms with van der Waals surface area (Å²) in [6.07, 6.45) is 8.12. The summed E-state index contributed by atoms with van der Waals surface area (Å²) in [4.78, 5) is 12.6. The van der Waals surface area contributed by atoms with Crippen molar-refractivity contribution in [1.82, 2.24) is 0 Å². The van der Waals surface area contributed by atoms with Gasteiger partial charge in [-0.05, 0) is 88.9 Å². The number of ether oxygens (including phenoxy) is 4. The number of unbranched alkanes of at least 4 members (excludes halogenated alkanes) is 2. The molecule has 0 amide bonds. The van der Waals surface area contributed by atoms with Gasteiger partial charge in [0.25, 0.3) is 0 Å². The van der Waals surface area contributed by atoms with Gasteiger partial charge in [-0.3, -0.25) is 4.79 Å². The Labute approximate surface area is 324 Å². The van der Waals surface area contributed by atoms with E-state index in [1.165, 1.54) is 24.3 Å². The van der Waals surface area contributed by atoms with E-state index in [2.05, 4.69) is 9.48 Å². The van der Waals surface area contributed by atoms with Gasteiger partial charge in [0.15, 0.2) is 5.71 Å². The Hall–Kier alpha value is -3.48. The van der Waals surface area contributed by atoms with Crippen LogP contribution >= 0.6 is 0 Å². The molecule has 0 fully saturated rings. The minimum atomic E-state index is -4.76. The first-order valence-corrected chi connectivity index (χ1v) is 21.2. The Morgan fingerprint density at radius 3 is 2.00 bits per heavy atom. The van der Waals surface area contributed by atoms with Crippen LogP contribution in [-0.2, 0) is 54.8 Å². The third kappa shape index (κ3) is 10.9. The Morgan fingerprint density at radius 1 is 0.836 bits per heavy atom. The van der Waals surface area contributed by atoms with Gasteiger partial charge in [-0.2, -0.15) is 4.58 Å². The summed E-state index contributed by atoms with van der Waals surface area (Å²) in [5, 5.41) is 9.15. The molecule has 0 aliphatic carbocycles. The summed E-state index contributed by atoms with van der Waals surface area (Å²) in [6.45, 7) is 11.8. The molecular weight excluding hydrogens is 753 g/mol. The highest BCUT2D eigenvalue weighted by atomic mass is 32.2. The van der Waals surface area contributed by atoms with Crippen LogP contribution in [-0.4, -0.2) is 114 Å². The average molecular weight is 806 g/mol. The lowest BCUT2D eigenvalue weighted by atomic mass is 9.78. The fraction of sp³-hybridized carbons (Fsp3) is 0.538. The highest BCUT2D eigenvalue weighted by Gasteiger charge is 2.45. The lowest BCUT2D eigenvalue weighted by molar-refractivity contribution is -0.433. The number of aliphatic carboxylic acids is 1. The monoisotopic (exact) mass is 805 g/mol. The molecule has 2 aliphatic rings. The number of fused-ring (bicyclic) bond motifs is 2. The third-order valence-electron chi connectivity index (χ3n) is 10.2. The number of carboxylic acids is 1. The number of benzene rings is 2. The van der Waals surface area contributed by atoms with Gasteiger partial charge < -0.3 is 38.1 Å². The Morgan fingerprint density at radius 2 is 1.42 bits per heavy atom. The van der Waals surface area contributed by atoms with E-state index in [1.807, 2.05) is 45.9 Å². The van der Waals surface area contributed by atoms with Crippen LogP contribution in [0, 0.1) is 0 Å². The molecular formula is C39H53N2O12S2-. The van der Waals surface area contributed by atoms with Gasteiger partial charge in [0, 0.05) is 61.2 Å². The van der Waals surface area contributed by atoms with Crippen molar-refractivity contribution in [3.05, 3.63) is 71.5 Å². The summed E-state index contributed by atoms with van der Waals surface area (Å²) < 4.78 is 96.4. The molecule has 14 nitrogen and oxygen atoms in total. The molecule has 2 aliphatic heterocycles. The van der Waals surface area contributed by atoms with Gasteiger partial charge in [0.2, 0.25) is 5.69 Å². The standard InChI is InChI=1S/C39H54N2O12S2/c1-6-40-33-16-14-29(54(44,45)46)27-31(33)38(2,3)35(40)11-10-12-36-39(4,18-20-51-23-24-53-26-25-52-22-21-50-5)32-28-30(55(47,48)49)15-17-34(32)41(36)19-9-7-8-13-37(42)43/h10-12,14-17,27-28H,6-9,13,18-26H2,1-5H3,(H2-,42,43,44,45,46,47,48,49)/p-1. The summed E-state index contributed by atoms with van der Waals surface area (Å²) in [6, 6.07) is 8.83. The number of hydrogen-bond donors (Lipinski definition) is 1. The van der Waals surface area contributed by atoms with Gasteiger partial charge in [-0.1, -0.05) is 12.5 Å². The van der Waals surface area contributed by atoms with Crippen molar-refractivity contribution >= 4 is 43.3 Å². The molecule has 55 heavy (non-hydrogen) atoms. The predicted octanol–water partition coefficient (Wildman–Crippen LogP) is 4.84. The van der Waals surface area contributed by atoms with Crippen LogP contribution in [0.15, 0.2) is 70.1 Å². The van der Waals surface area contributed by atoms with Crippen molar-refractivity contribution in [2.24, 2.45) is 0 Å². The molecule has 2 heterocycles. The van der Waals surface area contributed by atoms with Crippen LogP contribution in [0.3, 0.4) is 0 Å². The molecule has 1 atom stereocenters. The van der Waals surface area contributed by atoms with Gasteiger partial charge in [0.1, 0.15) is 26.8 Å². The van der Waals surface area contributed by atoms with E-state index in [-0.39, 0.29) is 16.2 Å². The second-order valence-electron chi connectivity index (χ2n) is 14.2. The van der Waals surface area contributed by atoms with Gasteiger partial charge in [-0.25, -0.2) is 16.8 Å². The first kappa shape index (κ1) is 44.2. The van der Waals surface area contributed by atoms with Crippen molar-refractivity contribution in [3.8, 4) is 0 Å². The molecule has 0 radical (unpaired) electrons. The highest BCUT2D eigenvalue weighted by Crippen LogP contribution is 2.51. The minimum absolute atomic E-state index is 0.0549. The van der Waals surface area contributed by atoms with Crippen molar-refractivity contribution in [2.75, 3.05) is 71.3 Å². The van der Waals surface area contributed by atoms with E-state index in [4.69, 9.17) is 24.1 Å². The minimum Gasteiger partial charge on any atom is -0.744 e. The van der Waals surface area contributed by atoms with Crippen molar-refractivity contribution in [2.45, 2.75) is 80.4 Å². The second-order valence-corrected chi connectivity index (χ2v) is 17.0. The number of allylic oxidation sites excluding steroid dienone is 4. The number of rotatable bonds is 23. The van der Waals surface area contributed by atoms with E-state index in [0.29, 0.717) is 96.1 Å². The highest BCUT2D eigenvalue weighted by molar-refractivity contribution is 7.86. The lowest BCUT2D eigenvalue weighted by Crippen LogP contribution is -2.31. The van der Waals surface area contributed by atoms with Crippen LogP contribution in [0.25, 0.3) is 0 Å². The smallest absolute Gasteiger partial charge is 0.303 e. The zero-order valence-electron chi connectivity index (χ0n) is 32.2. The molecule has 304 valence electrons. The molecule has 1 unspecified atom stereocenters. The summed E-state index contributed by atoms with van der Waals surface area (Å²) in [7, 11) is -7.82. The van der Waals surface area contributed by atoms with E-state index in [1.54, 1.807) is 19.2 Å². The number of methoxy groups -OCH3 is 1. The topological polar surface area (TPSA) is 195 Å². The lowest BCUT2D eigenvalue weighted by Gasteiger charge is -2.30. The zero-order valence-corrected chi connectivity index (χ0v) is 33.9. The summed E-state index contributed by atoms with van der Waals surface area (Å²) in [5.74, 6) is -0.863. The fourth-order valence-electron chi connectivity index (χ4n) is 7.26. The van der Waals surface area contributed by atoms with Gasteiger partial charge in [0.05, 0.1) is 54.8 Å². The maximum absolute atomic E-state index is 12.2. The van der Waals surface area contributed by atoms with Crippen LogP contribution in [0.1, 0.15) is 70.9 Å². The molecule has 0 saturated heterocycles. The van der Waals surface area contributed by atoms with Crippen molar-refractivity contribution in [1.29, 1.82) is 0 Å². The van der Waals surface area contributed by atoms with Crippen LogP contribution < -0.4 is 4.90 Å². The number of carbonyl (C=O) groups is 1. The predicted molar refractivity (Wildman–Crippen MR) is 204 cm³/mol. The van der Waals surface area contributed by atoms with Crippen LogP contribution in [0.2, 0.25) is 0 Å². The van der Waals surface area contributed by atoms with Crippen LogP contribution in [0.4, 0.5) is 11.4 Å². The molecule has 4 rings (SSSR count). The normalized spacial score (nSPS) is 18.8. The molecule has 0 aromatic heterocycles. The zero-order chi connectivity index (χ0) is 40.4. The molecule has 16 heteroatoms. The first-order chi connectivity index (χ1) is 26.0. The summed E-state index contributed by atoms with van der Waals surface area (Å²) >= 11 is 0. The van der Waals surface area contributed by atoms with Gasteiger partial charge >= 0.3 is 5.97 Å². The maximum Gasteiger partial charge on any atom is 0.303 e. The Bertz CT molecular complexity index is 1990. The Kier molecular flexibility index (Phi) is 15.4. The largest absolute Gasteiger partial charge is 0.744 e. The van der Waals surface area contributed by atoms with E-state index in [9.17, 15) is 30.7 Å². The van der Waals surface area contributed by atoms with Crippen molar-refractivity contribution < 1.29 is 59.4 Å². The second kappa shape index (κ2) is 19.1. The third-order valence-corrected chi connectivity index (χ3v) is 11.8. The quantitative estimate of drug-likeness (QED) is 0.0912. The molecule has 0 bridgehead atoms. The van der Waals surface area contributed by atoms with Gasteiger partial charge in [-0.15, -0.1) is 0 Å². The van der Waals surface area contributed by atoms with Crippen molar-refractivity contribution in [3.63, 3.8) is 0 Å². The molecule has 0 spiro atoms. The Balaban J connectivity index is 1.67. The van der Waals surface area contributed by atoms with Crippen LogP contribution in [0.5, 0.6) is 0 Å². The SMILES string of the molecule is CC[N+]1=C(C=CC=C2N(CCCCCC(=O)O)c3ccc(S(=O)(=O)[O-])cc3C2(C)CCOCCOCCOCCOC)C(C)(C)c2cc(S(=O)(=O)[O-])ccc21. The maximum atomic E-state index is 12.2. The number of anilines is 1. The fourth-order valence-corrected chi connectivity index (χ4v) is 8.25. The molecule has 2 aromatic rings. The molecule has 1 N–H and O–H groups in total. The van der Waals surface area contributed by atoms with E-state index < -0.39 is 37.0 Å². The number of nitrogens with zero attached hydrogens (tertiary/aromatic N) is 2. The molecule has 0 saturated carbocycles.